The van der Waals surface area contributed by atoms with Crippen molar-refractivity contribution in [2.75, 3.05) is 12.3 Å². The van der Waals surface area contributed by atoms with Crippen LogP contribution >= 0.6 is 11.6 Å². The van der Waals surface area contributed by atoms with Crippen LogP contribution in [0.4, 0.5) is 5.69 Å². The largest absolute Gasteiger partial charge is 0.460 e. The molecule has 0 aliphatic heterocycles. The number of rotatable bonds is 3. The van der Waals surface area contributed by atoms with Crippen LogP contribution in [-0.4, -0.2) is 22.7 Å². The first kappa shape index (κ1) is 12.4. The minimum absolute atomic E-state index is 0.123. The molecule has 0 fully saturated rings. The number of aromatic nitrogens is 2. The van der Waals surface area contributed by atoms with Crippen LogP contribution in [0.5, 0.6) is 0 Å². The number of hydrogen-bond donors (Lipinski definition) is 1. The highest BCUT2D eigenvalue weighted by Gasteiger charge is 2.18. The van der Waals surface area contributed by atoms with Gasteiger partial charge in [0.1, 0.15) is 0 Å². The fourth-order valence-corrected chi connectivity index (χ4v) is 1.50. The molecule has 0 aliphatic rings. The Morgan fingerprint density at radius 2 is 2.33 bits per heavy atom. The number of carbonyl (C=O) groups is 1. The molecule has 0 spiro atoms. The van der Waals surface area contributed by atoms with Gasteiger partial charge in [-0.15, -0.1) is 0 Å². The van der Waals surface area contributed by atoms with E-state index in [2.05, 4.69) is 10.1 Å². The van der Waals surface area contributed by atoms with Crippen molar-refractivity contribution in [3.8, 4) is 11.5 Å². The minimum Gasteiger partial charge on any atom is -0.460 e. The van der Waals surface area contributed by atoms with Crippen LogP contribution in [0.2, 0.25) is 5.02 Å². The zero-order valence-corrected chi connectivity index (χ0v) is 10.3. The number of nitrogens with two attached hydrogens (primary N) is 1. The van der Waals surface area contributed by atoms with Gasteiger partial charge < -0.3 is 15.0 Å². The molecule has 6 nitrogen and oxygen atoms in total. The summed E-state index contributed by atoms with van der Waals surface area (Å²) >= 11 is 5.85. The van der Waals surface area contributed by atoms with Gasteiger partial charge in [-0.1, -0.05) is 11.6 Å². The molecule has 2 aromatic rings. The van der Waals surface area contributed by atoms with Crippen LogP contribution in [0.15, 0.2) is 22.7 Å². The maximum absolute atomic E-state index is 11.4. The third-order valence-electron chi connectivity index (χ3n) is 2.13. The number of carbonyl (C=O) groups excluding carboxylic acids is 1. The van der Waals surface area contributed by atoms with Crippen LogP contribution < -0.4 is 5.73 Å². The van der Waals surface area contributed by atoms with Crippen molar-refractivity contribution < 1.29 is 14.1 Å². The highest BCUT2D eigenvalue weighted by molar-refractivity contribution is 6.31. The van der Waals surface area contributed by atoms with Gasteiger partial charge in [0, 0.05) is 10.7 Å². The molecule has 0 aliphatic carbocycles. The van der Waals surface area contributed by atoms with E-state index in [1.165, 1.54) is 0 Å². The van der Waals surface area contributed by atoms with Gasteiger partial charge in [-0.3, -0.25) is 0 Å². The second kappa shape index (κ2) is 5.05. The lowest BCUT2D eigenvalue weighted by atomic mass is 10.2. The molecule has 2 rings (SSSR count). The number of ether oxygens (including phenoxy) is 1. The van der Waals surface area contributed by atoms with Gasteiger partial charge in [0.15, 0.2) is 0 Å². The summed E-state index contributed by atoms with van der Waals surface area (Å²) in [5.74, 6) is -0.669. The number of benzene rings is 1. The molecule has 0 atom stereocenters. The monoisotopic (exact) mass is 267 g/mol. The van der Waals surface area contributed by atoms with Crippen LogP contribution in [0, 0.1) is 0 Å². The number of hydrogen-bond acceptors (Lipinski definition) is 6. The molecule has 0 bridgehead atoms. The van der Waals surface area contributed by atoms with E-state index in [1.54, 1.807) is 25.1 Å². The van der Waals surface area contributed by atoms with Crippen LogP contribution in [-0.2, 0) is 4.74 Å². The van der Waals surface area contributed by atoms with E-state index in [-0.39, 0.29) is 18.3 Å². The summed E-state index contributed by atoms with van der Waals surface area (Å²) in [7, 11) is 0. The van der Waals surface area contributed by atoms with Crippen LogP contribution in [0.3, 0.4) is 0 Å². The normalized spacial score (nSPS) is 10.3. The standard InChI is InChI=1S/C11H10ClN3O3/c1-2-17-11(16)9-14-10(18-15-9)7-5-6(12)3-4-8(7)13/h3-5H,2,13H2,1H3. The Balaban J connectivity index is 2.35. The van der Waals surface area contributed by atoms with Crippen LogP contribution in [0.1, 0.15) is 17.5 Å². The molecule has 0 saturated carbocycles. The fraction of sp³-hybridized carbons (Fsp3) is 0.182. The second-order valence-electron chi connectivity index (χ2n) is 3.38. The number of esters is 1. The first-order chi connectivity index (χ1) is 8.61. The average Bonchev–Trinajstić information content (AvgIpc) is 2.82. The predicted octanol–water partition coefficient (Wildman–Crippen LogP) is 2.15. The van der Waals surface area contributed by atoms with Gasteiger partial charge in [0.05, 0.1) is 12.2 Å². The Kier molecular flexibility index (Phi) is 3.47. The Labute approximate surface area is 108 Å². The molecule has 94 valence electrons. The van der Waals surface area contributed by atoms with E-state index in [1.807, 2.05) is 0 Å². The van der Waals surface area contributed by atoms with Gasteiger partial charge in [-0.05, 0) is 30.3 Å². The molecular formula is C11H10ClN3O3. The van der Waals surface area contributed by atoms with Gasteiger partial charge >= 0.3 is 5.97 Å². The first-order valence-electron chi connectivity index (χ1n) is 5.18. The SMILES string of the molecule is CCOC(=O)c1noc(-c2cc(Cl)ccc2N)n1. The van der Waals surface area contributed by atoms with Crippen molar-refractivity contribution in [3.63, 3.8) is 0 Å². The number of nitrogen functional groups attached to an aromatic ring is 1. The highest BCUT2D eigenvalue weighted by atomic mass is 35.5. The zero-order chi connectivity index (χ0) is 13.1. The molecule has 18 heavy (non-hydrogen) atoms. The van der Waals surface area contributed by atoms with E-state index >= 15 is 0 Å². The molecule has 0 amide bonds. The topological polar surface area (TPSA) is 91.2 Å². The summed E-state index contributed by atoms with van der Waals surface area (Å²) < 4.78 is 9.70. The van der Waals surface area contributed by atoms with Crippen molar-refractivity contribution in [2.24, 2.45) is 0 Å². The summed E-state index contributed by atoms with van der Waals surface area (Å²) in [5.41, 5.74) is 6.67. The van der Waals surface area contributed by atoms with Crippen molar-refractivity contribution >= 4 is 23.3 Å². The Hall–Kier alpha value is -2.08. The first-order valence-corrected chi connectivity index (χ1v) is 5.56. The number of anilines is 1. The average molecular weight is 268 g/mol. The molecule has 0 saturated heterocycles. The van der Waals surface area contributed by atoms with E-state index in [0.717, 1.165) is 0 Å². The summed E-state index contributed by atoms with van der Waals surface area (Å²) in [6.45, 7) is 1.93. The molecule has 2 N–H and O–H groups in total. The molecule has 1 aromatic heterocycles. The second-order valence-corrected chi connectivity index (χ2v) is 3.81. The number of halogens is 1. The molecule has 1 aromatic carbocycles. The van der Waals surface area contributed by atoms with E-state index in [0.29, 0.717) is 16.3 Å². The predicted molar refractivity (Wildman–Crippen MR) is 65.1 cm³/mol. The van der Waals surface area contributed by atoms with Crippen LogP contribution in [0.25, 0.3) is 11.5 Å². The molecule has 7 heteroatoms. The van der Waals surface area contributed by atoms with E-state index in [9.17, 15) is 4.79 Å². The van der Waals surface area contributed by atoms with Gasteiger partial charge in [-0.2, -0.15) is 4.98 Å². The molecule has 1 heterocycles. The van der Waals surface area contributed by atoms with Crippen molar-refractivity contribution in [2.45, 2.75) is 6.92 Å². The Morgan fingerprint density at radius 3 is 3.06 bits per heavy atom. The smallest absolute Gasteiger partial charge is 0.379 e. The minimum atomic E-state index is -0.645. The fourth-order valence-electron chi connectivity index (χ4n) is 1.33. The van der Waals surface area contributed by atoms with E-state index in [4.69, 9.17) is 26.6 Å². The van der Waals surface area contributed by atoms with Crippen molar-refractivity contribution in [1.29, 1.82) is 0 Å². The summed E-state index contributed by atoms with van der Waals surface area (Å²) in [6, 6.07) is 4.84. The molecule has 0 radical (unpaired) electrons. The molecule has 0 unspecified atom stereocenters. The summed E-state index contributed by atoms with van der Waals surface area (Å²) in [5, 5.41) is 4.00. The Bertz CT molecular complexity index is 583. The lowest BCUT2D eigenvalue weighted by molar-refractivity contribution is 0.0508. The lowest BCUT2D eigenvalue weighted by Crippen LogP contribution is -2.06. The van der Waals surface area contributed by atoms with E-state index < -0.39 is 5.97 Å². The van der Waals surface area contributed by atoms with Gasteiger partial charge in [0.25, 0.3) is 11.7 Å². The van der Waals surface area contributed by atoms with Gasteiger partial charge in [0.2, 0.25) is 0 Å². The highest BCUT2D eigenvalue weighted by Crippen LogP contribution is 2.27. The Morgan fingerprint density at radius 1 is 1.56 bits per heavy atom. The van der Waals surface area contributed by atoms with Gasteiger partial charge in [-0.25, -0.2) is 4.79 Å². The maximum Gasteiger partial charge on any atom is 0.379 e. The lowest BCUT2D eigenvalue weighted by Gasteiger charge is -2.00. The summed E-state index contributed by atoms with van der Waals surface area (Å²) in [4.78, 5) is 15.3. The molecular weight excluding hydrogens is 258 g/mol. The maximum atomic E-state index is 11.4. The summed E-state index contributed by atoms with van der Waals surface area (Å²) in [6.07, 6.45) is 0. The quantitative estimate of drug-likeness (QED) is 0.677. The third kappa shape index (κ3) is 2.43. The number of nitrogens with zero attached hydrogens (tertiary/aromatic N) is 2. The zero-order valence-electron chi connectivity index (χ0n) is 9.51. The van der Waals surface area contributed by atoms with Crippen molar-refractivity contribution in [3.05, 3.63) is 29.0 Å². The third-order valence-corrected chi connectivity index (χ3v) is 2.36. The van der Waals surface area contributed by atoms with Crippen molar-refractivity contribution in [1.82, 2.24) is 10.1 Å².